The van der Waals surface area contributed by atoms with Gasteiger partial charge in [-0.05, 0) is 41.7 Å². The van der Waals surface area contributed by atoms with E-state index in [0.29, 0.717) is 5.92 Å². The third kappa shape index (κ3) is 2.64. The second-order valence-electron chi connectivity index (χ2n) is 5.44. The van der Waals surface area contributed by atoms with Crippen molar-refractivity contribution in [3.63, 3.8) is 0 Å². The molecule has 0 amide bonds. The Kier molecular flexibility index (Phi) is 3.43. The molecule has 3 aromatic rings. The van der Waals surface area contributed by atoms with Crippen molar-refractivity contribution in [1.29, 1.82) is 0 Å². The minimum absolute atomic E-state index is 0.103. The van der Waals surface area contributed by atoms with Crippen LogP contribution in [0.2, 0.25) is 0 Å². The number of thiophene rings is 2. The first-order chi connectivity index (χ1) is 10.6. The predicted molar refractivity (Wildman–Crippen MR) is 90.0 cm³/mol. The van der Waals surface area contributed by atoms with Gasteiger partial charge in [-0.3, -0.25) is 0 Å². The molecule has 0 aromatic carbocycles. The lowest BCUT2D eigenvalue weighted by Gasteiger charge is -1.98. The molecule has 1 aliphatic rings. The fraction of sp³-hybridized carbons (Fsp3) is 0.267. The third-order valence-electron chi connectivity index (χ3n) is 3.65. The molecule has 114 valence electrons. The van der Waals surface area contributed by atoms with E-state index in [4.69, 9.17) is 0 Å². The van der Waals surface area contributed by atoms with Gasteiger partial charge in [0.25, 0.3) is 0 Å². The molecule has 1 aliphatic carbocycles. The molecule has 0 atom stereocenters. The van der Waals surface area contributed by atoms with Gasteiger partial charge >= 0.3 is 0 Å². The number of sulfone groups is 1. The fourth-order valence-electron chi connectivity index (χ4n) is 2.36. The van der Waals surface area contributed by atoms with Crippen LogP contribution in [0.25, 0.3) is 21.1 Å². The summed E-state index contributed by atoms with van der Waals surface area (Å²) in [5.74, 6) is 0.513. The summed E-state index contributed by atoms with van der Waals surface area (Å²) in [6.45, 7) is 0. The Morgan fingerprint density at radius 1 is 1.14 bits per heavy atom. The van der Waals surface area contributed by atoms with Gasteiger partial charge in [-0.25, -0.2) is 13.4 Å². The fourth-order valence-corrected chi connectivity index (χ4v) is 5.41. The van der Waals surface area contributed by atoms with Crippen LogP contribution in [-0.2, 0) is 9.84 Å². The lowest BCUT2D eigenvalue weighted by atomic mass is 10.2. The molecule has 4 nitrogen and oxygen atoms in total. The third-order valence-corrected chi connectivity index (χ3v) is 7.11. The van der Waals surface area contributed by atoms with Gasteiger partial charge in [0.1, 0.15) is 5.69 Å². The maximum absolute atomic E-state index is 12.5. The molecule has 0 spiro atoms. The van der Waals surface area contributed by atoms with Crippen molar-refractivity contribution in [2.75, 3.05) is 5.75 Å². The van der Waals surface area contributed by atoms with Crippen LogP contribution in [0.1, 0.15) is 12.8 Å². The zero-order valence-corrected chi connectivity index (χ0v) is 14.1. The van der Waals surface area contributed by atoms with Gasteiger partial charge < -0.3 is 4.98 Å². The van der Waals surface area contributed by atoms with Crippen LogP contribution in [0.5, 0.6) is 0 Å². The van der Waals surface area contributed by atoms with Gasteiger partial charge in [-0.1, -0.05) is 12.1 Å². The summed E-state index contributed by atoms with van der Waals surface area (Å²) in [7, 11) is -3.34. The van der Waals surface area contributed by atoms with E-state index < -0.39 is 9.84 Å². The Hall–Kier alpha value is -1.44. The Labute approximate surface area is 136 Å². The maximum atomic E-state index is 12.5. The number of aromatic amines is 1. The summed E-state index contributed by atoms with van der Waals surface area (Å²) in [6, 6.07) is 7.85. The van der Waals surface area contributed by atoms with Gasteiger partial charge in [0, 0.05) is 0 Å². The monoisotopic (exact) mass is 350 g/mol. The molecule has 7 heteroatoms. The van der Waals surface area contributed by atoms with Gasteiger partial charge in [0.2, 0.25) is 15.0 Å². The van der Waals surface area contributed by atoms with E-state index in [-0.39, 0.29) is 10.9 Å². The zero-order chi connectivity index (χ0) is 15.2. The zero-order valence-electron chi connectivity index (χ0n) is 11.7. The first-order valence-corrected chi connectivity index (χ1v) is 10.4. The van der Waals surface area contributed by atoms with E-state index in [2.05, 4.69) is 9.97 Å². The average Bonchev–Trinajstić information content (AvgIpc) is 3.01. The van der Waals surface area contributed by atoms with Crippen molar-refractivity contribution in [2.45, 2.75) is 18.0 Å². The van der Waals surface area contributed by atoms with E-state index in [1.807, 2.05) is 35.0 Å². The molecular weight excluding hydrogens is 336 g/mol. The van der Waals surface area contributed by atoms with Crippen molar-refractivity contribution in [3.05, 3.63) is 35.0 Å². The quantitative estimate of drug-likeness (QED) is 0.755. The number of imidazole rings is 1. The SMILES string of the molecule is O=S(=O)(CC1CC1)c1nc(-c2cccs2)c(-c2cccs2)[nH]1. The highest BCUT2D eigenvalue weighted by atomic mass is 32.2. The molecule has 3 heterocycles. The number of nitrogens with one attached hydrogen (secondary N) is 1. The Morgan fingerprint density at radius 3 is 2.41 bits per heavy atom. The second-order valence-corrected chi connectivity index (χ2v) is 9.29. The van der Waals surface area contributed by atoms with Gasteiger partial charge in [-0.15, -0.1) is 22.7 Å². The molecule has 1 saturated carbocycles. The highest BCUT2D eigenvalue weighted by Gasteiger charge is 2.32. The summed E-state index contributed by atoms with van der Waals surface area (Å²) in [5, 5.41) is 4.05. The molecule has 1 fully saturated rings. The minimum atomic E-state index is -3.34. The summed E-state index contributed by atoms with van der Waals surface area (Å²) in [5.41, 5.74) is 1.53. The van der Waals surface area contributed by atoms with E-state index in [9.17, 15) is 8.42 Å². The first kappa shape index (κ1) is 14.2. The molecular formula is C15H14N2O2S3. The molecule has 22 heavy (non-hydrogen) atoms. The van der Waals surface area contributed by atoms with E-state index in [1.165, 1.54) is 0 Å². The van der Waals surface area contributed by atoms with Crippen LogP contribution in [0, 0.1) is 5.92 Å². The van der Waals surface area contributed by atoms with Crippen LogP contribution in [0.4, 0.5) is 0 Å². The Balaban J connectivity index is 1.83. The molecule has 0 bridgehead atoms. The highest BCUT2D eigenvalue weighted by Crippen LogP contribution is 2.37. The van der Waals surface area contributed by atoms with Crippen molar-refractivity contribution in [2.24, 2.45) is 5.92 Å². The summed E-state index contributed by atoms with van der Waals surface area (Å²) in [4.78, 5) is 9.48. The molecule has 3 aromatic heterocycles. The highest BCUT2D eigenvalue weighted by molar-refractivity contribution is 7.91. The molecule has 1 N–H and O–H groups in total. The molecule has 0 aliphatic heterocycles. The number of hydrogen-bond donors (Lipinski definition) is 1. The smallest absolute Gasteiger partial charge is 0.226 e. The first-order valence-electron chi connectivity index (χ1n) is 7.04. The van der Waals surface area contributed by atoms with E-state index >= 15 is 0 Å². The Bertz CT molecular complexity index is 822. The van der Waals surface area contributed by atoms with Crippen LogP contribution in [0.15, 0.2) is 40.2 Å². The second kappa shape index (κ2) is 5.33. The van der Waals surface area contributed by atoms with Crippen LogP contribution in [-0.4, -0.2) is 24.1 Å². The van der Waals surface area contributed by atoms with Crippen molar-refractivity contribution < 1.29 is 8.42 Å². The molecule has 0 saturated heterocycles. The molecule has 4 rings (SSSR count). The normalized spacial score (nSPS) is 15.3. The van der Waals surface area contributed by atoms with Crippen LogP contribution >= 0.6 is 22.7 Å². The largest absolute Gasteiger partial charge is 0.328 e. The van der Waals surface area contributed by atoms with Crippen molar-refractivity contribution in [3.8, 4) is 21.1 Å². The topological polar surface area (TPSA) is 62.8 Å². The molecule has 0 radical (unpaired) electrons. The molecule has 0 unspecified atom stereocenters. The Morgan fingerprint density at radius 2 is 1.82 bits per heavy atom. The van der Waals surface area contributed by atoms with E-state index in [0.717, 1.165) is 34.0 Å². The minimum Gasteiger partial charge on any atom is -0.328 e. The number of rotatable bonds is 5. The lowest BCUT2D eigenvalue weighted by Crippen LogP contribution is -2.10. The number of aromatic nitrogens is 2. The lowest BCUT2D eigenvalue weighted by molar-refractivity contribution is 0.585. The van der Waals surface area contributed by atoms with E-state index in [1.54, 1.807) is 22.7 Å². The van der Waals surface area contributed by atoms with Crippen molar-refractivity contribution in [1.82, 2.24) is 9.97 Å². The summed E-state index contributed by atoms with van der Waals surface area (Å²) >= 11 is 3.14. The average molecular weight is 350 g/mol. The maximum Gasteiger partial charge on any atom is 0.226 e. The predicted octanol–water partition coefficient (Wildman–Crippen LogP) is 4.05. The van der Waals surface area contributed by atoms with Gasteiger partial charge in [0.15, 0.2) is 0 Å². The number of nitrogens with zero attached hydrogens (tertiary/aromatic N) is 1. The van der Waals surface area contributed by atoms with Crippen LogP contribution < -0.4 is 0 Å². The van der Waals surface area contributed by atoms with Crippen molar-refractivity contribution >= 4 is 32.5 Å². The van der Waals surface area contributed by atoms with Crippen LogP contribution in [0.3, 0.4) is 0 Å². The number of H-pyrrole nitrogens is 1. The van der Waals surface area contributed by atoms with Gasteiger partial charge in [0.05, 0.1) is 21.2 Å². The number of hydrogen-bond acceptors (Lipinski definition) is 5. The summed E-state index contributed by atoms with van der Waals surface area (Å²) < 4.78 is 25.0. The summed E-state index contributed by atoms with van der Waals surface area (Å²) in [6.07, 6.45) is 2.02. The standard InChI is InChI=1S/C15H14N2O2S3/c18-22(19,9-10-5-6-10)15-16-13(11-3-1-7-20-11)14(17-15)12-4-2-8-21-12/h1-4,7-8,10H,5-6,9H2,(H,16,17). The van der Waals surface area contributed by atoms with Gasteiger partial charge in [-0.2, -0.15) is 0 Å².